The lowest BCUT2D eigenvalue weighted by molar-refractivity contribution is -0.137. The SMILES string of the molecule is C[C@@H](N[C@H](CCc1cc(F)cc(F)c1F)CC(=O)O)c1ccccc1. The van der Waals surface area contributed by atoms with Crippen molar-refractivity contribution >= 4 is 5.97 Å². The van der Waals surface area contributed by atoms with Gasteiger partial charge in [-0.05, 0) is 37.0 Å². The Balaban J connectivity index is 2.06. The molecule has 0 saturated carbocycles. The van der Waals surface area contributed by atoms with Crippen LogP contribution in [0.2, 0.25) is 0 Å². The quantitative estimate of drug-likeness (QED) is 0.700. The molecule has 3 nitrogen and oxygen atoms in total. The van der Waals surface area contributed by atoms with Crippen molar-refractivity contribution in [1.82, 2.24) is 5.32 Å². The number of aliphatic carboxylic acids is 1. The molecule has 2 aromatic carbocycles. The highest BCUT2D eigenvalue weighted by Gasteiger charge is 2.19. The average molecular weight is 351 g/mol. The molecule has 0 aliphatic rings. The van der Waals surface area contributed by atoms with Gasteiger partial charge in [-0.15, -0.1) is 0 Å². The van der Waals surface area contributed by atoms with Gasteiger partial charge in [-0.3, -0.25) is 4.79 Å². The van der Waals surface area contributed by atoms with Crippen LogP contribution in [0, 0.1) is 17.5 Å². The van der Waals surface area contributed by atoms with E-state index in [1.54, 1.807) is 0 Å². The van der Waals surface area contributed by atoms with E-state index in [-0.39, 0.29) is 30.9 Å². The predicted molar refractivity (Wildman–Crippen MR) is 88.7 cm³/mol. The fourth-order valence-corrected chi connectivity index (χ4v) is 2.77. The van der Waals surface area contributed by atoms with Crippen LogP contribution in [0.5, 0.6) is 0 Å². The van der Waals surface area contributed by atoms with E-state index >= 15 is 0 Å². The number of aryl methyl sites for hydroxylation is 1. The zero-order chi connectivity index (χ0) is 18.4. The molecule has 6 heteroatoms. The average Bonchev–Trinajstić information content (AvgIpc) is 2.56. The lowest BCUT2D eigenvalue weighted by Crippen LogP contribution is -2.34. The molecule has 0 aliphatic carbocycles. The molecule has 2 rings (SSSR count). The molecule has 0 fully saturated rings. The first-order valence-corrected chi connectivity index (χ1v) is 8.03. The van der Waals surface area contributed by atoms with Gasteiger partial charge >= 0.3 is 5.97 Å². The summed E-state index contributed by atoms with van der Waals surface area (Å²) in [6.45, 7) is 1.90. The maximum absolute atomic E-state index is 13.7. The van der Waals surface area contributed by atoms with Gasteiger partial charge in [-0.1, -0.05) is 30.3 Å². The number of rotatable bonds is 8. The number of carbonyl (C=O) groups is 1. The Morgan fingerprint density at radius 2 is 1.84 bits per heavy atom. The van der Waals surface area contributed by atoms with E-state index in [9.17, 15) is 18.0 Å². The topological polar surface area (TPSA) is 49.3 Å². The van der Waals surface area contributed by atoms with E-state index in [0.29, 0.717) is 6.07 Å². The zero-order valence-corrected chi connectivity index (χ0v) is 13.8. The highest BCUT2D eigenvalue weighted by atomic mass is 19.2. The zero-order valence-electron chi connectivity index (χ0n) is 13.8. The fraction of sp³-hybridized carbons (Fsp3) is 0.316. The van der Waals surface area contributed by atoms with E-state index in [4.69, 9.17) is 5.11 Å². The van der Waals surface area contributed by atoms with Crippen LogP contribution >= 0.6 is 0 Å². The van der Waals surface area contributed by atoms with Crippen molar-refractivity contribution in [1.29, 1.82) is 0 Å². The summed E-state index contributed by atoms with van der Waals surface area (Å²) in [5, 5.41) is 12.3. The lowest BCUT2D eigenvalue weighted by atomic mass is 10.00. The smallest absolute Gasteiger partial charge is 0.304 e. The van der Waals surface area contributed by atoms with Crippen molar-refractivity contribution in [3.8, 4) is 0 Å². The molecule has 0 heterocycles. The second kappa shape index (κ2) is 8.67. The summed E-state index contributed by atoms with van der Waals surface area (Å²) in [5.74, 6) is -4.18. The molecular formula is C19H20F3NO2. The molecular weight excluding hydrogens is 331 g/mol. The van der Waals surface area contributed by atoms with Crippen molar-refractivity contribution in [2.24, 2.45) is 0 Å². The Labute approximate surface area is 144 Å². The van der Waals surface area contributed by atoms with Crippen LogP contribution in [0.3, 0.4) is 0 Å². The third-order valence-corrected chi connectivity index (χ3v) is 4.04. The number of carboxylic acid groups (broad SMARTS) is 1. The van der Waals surface area contributed by atoms with Crippen LogP contribution in [0.25, 0.3) is 0 Å². The summed E-state index contributed by atoms with van der Waals surface area (Å²) in [7, 11) is 0. The molecule has 0 bridgehead atoms. The van der Waals surface area contributed by atoms with Gasteiger partial charge in [0.15, 0.2) is 11.6 Å². The molecule has 0 aromatic heterocycles. The molecule has 0 saturated heterocycles. The van der Waals surface area contributed by atoms with Crippen LogP contribution in [0.4, 0.5) is 13.2 Å². The van der Waals surface area contributed by atoms with Gasteiger partial charge in [0.1, 0.15) is 5.82 Å². The first-order chi connectivity index (χ1) is 11.9. The van der Waals surface area contributed by atoms with E-state index in [2.05, 4.69) is 5.32 Å². The minimum atomic E-state index is -1.24. The number of hydrogen-bond acceptors (Lipinski definition) is 2. The van der Waals surface area contributed by atoms with Crippen LogP contribution in [0.1, 0.15) is 36.9 Å². The maximum Gasteiger partial charge on any atom is 0.304 e. The highest BCUT2D eigenvalue weighted by Crippen LogP contribution is 2.19. The lowest BCUT2D eigenvalue weighted by Gasteiger charge is -2.22. The van der Waals surface area contributed by atoms with Gasteiger partial charge in [0.25, 0.3) is 0 Å². The number of halogens is 3. The number of nitrogens with one attached hydrogen (secondary N) is 1. The number of benzene rings is 2. The second-order valence-corrected chi connectivity index (χ2v) is 5.99. The maximum atomic E-state index is 13.7. The van der Waals surface area contributed by atoms with E-state index < -0.39 is 29.5 Å². The van der Waals surface area contributed by atoms with Crippen LogP contribution < -0.4 is 5.32 Å². The Morgan fingerprint density at radius 1 is 1.16 bits per heavy atom. The number of hydrogen-bond donors (Lipinski definition) is 2. The van der Waals surface area contributed by atoms with Crippen molar-refractivity contribution in [3.05, 3.63) is 71.0 Å². The van der Waals surface area contributed by atoms with Gasteiger partial charge in [0.2, 0.25) is 0 Å². The van der Waals surface area contributed by atoms with Crippen molar-refractivity contribution in [2.45, 2.75) is 38.3 Å². The van der Waals surface area contributed by atoms with Crippen molar-refractivity contribution in [3.63, 3.8) is 0 Å². The molecule has 0 radical (unpaired) electrons. The molecule has 0 spiro atoms. The third-order valence-electron chi connectivity index (χ3n) is 4.04. The molecule has 25 heavy (non-hydrogen) atoms. The Bertz CT molecular complexity index is 722. The summed E-state index contributed by atoms with van der Waals surface area (Å²) in [5.41, 5.74) is 0.892. The molecule has 0 amide bonds. The predicted octanol–water partition coefficient (Wildman–Crippen LogP) is 4.23. The van der Waals surface area contributed by atoms with E-state index in [1.807, 2.05) is 37.3 Å². The molecule has 2 atom stereocenters. The Kier molecular flexibility index (Phi) is 6.58. The molecule has 134 valence electrons. The third kappa shape index (κ3) is 5.60. The molecule has 0 unspecified atom stereocenters. The summed E-state index contributed by atoms with van der Waals surface area (Å²) in [4.78, 5) is 11.1. The Morgan fingerprint density at radius 3 is 2.48 bits per heavy atom. The largest absolute Gasteiger partial charge is 0.481 e. The first kappa shape index (κ1) is 19.0. The first-order valence-electron chi connectivity index (χ1n) is 8.03. The molecule has 2 N–H and O–H groups in total. The normalized spacial score (nSPS) is 13.4. The fourth-order valence-electron chi connectivity index (χ4n) is 2.77. The summed E-state index contributed by atoms with van der Waals surface area (Å²) >= 11 is 0. The van der Waals surface area contributed by atoms with Crippen molar-refractivity contribution < 1.29 is 23.1 Å². The minimum Gasteiger partial charge on any atom is -0.481 e. The van der Waals surface area contributed by atoms with Gasteiger partial charge in [0, 0.05) is 18.2 Å². The highest BCUT2D eigenvalue weighted by molar-refractivity contribution is 5.67. The minimum absolute atomic E-state index is 0.0347. The summed E-state index contributed by atoms with van der Waals surface area (Å²) < 4.78 is 40.3. The standard InChI is InChI=1S/C19H20F3NO2/c1-12(13-5-3-2-4-6-13)23-16(11-18(24)25)8-7-14-9-15(20)10-17(21)19(14)22/h2-6,9-10,12,16,23H,7-8,11H2,1H3,(H,24,25)/t12-,16-/m1/s1. The Hall–Kier alpha value is -2.34. The van der Waals surface area contributed by atoms with Gasteiger partial charge in [-0.2, -0.15) is 0 Å². The van der Waals surface area contributed by atoms with Crippen molar-refractivity contribution in [2.75, 3.05) is 0 Å². The van der Waals surface area contributed by atoms with Crippen LogP contribution in [0.15, 0.2) is 42.5 Å². The van der Waals surface area contributed by atoms with Crippen LogP contribution in [-0.4, -0.2) is 17.1 Å². The number of carboxylic acids is 1. The van der Waals surface area contributed by atoms with Gasteiger partial charge < -0.3 is 10.4 Å². The van der Waals surface area contributed by atoms with E-state index in [1.165, 1.54) is 0 Å². The van der Waals surface area contributed by atoms with Gasteiger partial charge in [0.05, 0.1) is 6.42 Å². The van der Waals surface area contributed by atoms with Crippen LogP contribution in [-0.2, 0) is 11.2 Å². The monoisotopic (exact) mass is 351 g/mol. The summed E-state index contributed by atoms with van der Waals surface area (Å²) in [6.07, 6.45) is 0.104. The molecule has 2 aromatic rings. The molecule has 0 aliphatic heterocycles. The van der Waals surface area contributed by atoms with Gasteiger partial charge in [-0.25, -0.2) is 13.2 Å². The second-order valence-electron chi connectivity index (χ2n) is 5.99. The van der Waals surface area contributed by atoms with E-state index in [0.717, 1.165) is 11.6 Å². The summed E-state index contributed by atoms with van der Waals surface area (Å²) in [6, 6.07) is 10.3.